The van der Waals surface area contributed by atoms with Crippen LogP contribution in [0.5, 0.6) is 17.2 Å². The van der Waals surface area contributed by atoms with Crippen LogP contribution >= 0.6 is 0 Å². The molecule has 0 fully saturated rings. The van der Waals surface area contributed by atoms with Gasteiger partial charge in [0.25, 0.3) is 0 Å². The van der Waals surface area contributed by atoms with Gasteiger partial charge in [0.2, 0.25) is 0 Å². The molecule has 0 aliphatic rings. The summed E-state index contributed by atoms with van der Waals surface area (Å²) in [5.41, 5.74) is 4.80. The van der Waals surface area contributed by atoms with Gasteiger partial charge in [-0.2, -0.15) is 16.8 Å². The molecule has 0 unspecified atom stereocenters. The molecule has 0 aliphatic heterocycles. The number of methoxy groups -OCH3 is 1. The van der Waals surface area contributed by atoms with Crippen molar-refractivity contribution in [2.45, 2.75) is 20.0 Å². The van der Waals surface area contributed by atoms with Gasteiger partial charge in [-0.25, -0.2) is 4.39 Å². The Bertz CT molecular complexity index is 2050. The molecular formula is C36H34FNO7S2. The Kier molecular flexibility index (Phi) is 9.88. The van der Waals surface area contributed by atoms with Crippen LogP contribution in [0.25, 0.3) is 22.3 Å². The summed E-state index contributed by atoms with van der Waals surface area (Å²) in [6.07, 6.45) is 1.87. The second kappa shape index (κ2) is 13.9. The van der Waals surface area contributed by atoms with Crippen molar-refractivity contribution in [2.24, 2.45) is 0 Å². The summed E-state index contributed by atoms with van der Waals surface area (Å²) < 4.78 is 80.5. The average Bonchev–Trinajstić information content (AvgIpc) is 3.00. The maximum absolute atomic E-state index is 16.2. The minimum Gasteiger partial charge on any atom is -0.492 e. The van der Waals surface area contributed by atoms with Crippen molar-refractivity contribution in [3.05, 3.63) is 132 Å². The number of anilines is 1. The summed E-state index contributed by atoms with van der Waals surface area (Å²) in [6, 6.07) is 32.3. The summed E-state index contributed by atoms with van der Waals surface area (Å²) in [6.45, 7) is 2.69. The van der Waals surface area contributed by atoms with Gasteiger partial charge in [0, 0.05) is 24.2 Å². The summed E-state index contributed by atoms with van der Waals surface area (Å²) >= 11 is 0. The topological polar surface area (TPSA) is 99.2 Å². The number of ether oxygens (including phenoxy) is 1. The van der Waals surface area contributed by atoms with Crippen molar-refractivity contribution in [1.82, 2.24) is 0 Å². The molecule has 0 saturated heterocycles. The highest BCUT2D eigenvalue weighted by Gasteiger charge is 2.25. The highest BCUT2D eigenvalue weighted by Crippen LogP contribution is 2.48. The van der Waals surface area contributed by atoms with Crippen molar-refractivity contribution in [3.63, 3.8) is 0 Å². The molecule has 244 valence electrons. The predicted molar refractivity (Wildman–Crippen MR) is 182 cm³/mol. The minimum atomic E-state index is -4.05. The van der Waals surface area contributed by atoms with Crippen LogP contribution in [0.3, 0.4) is 0 Å². The quantitative estimate of drug-likeness (QED) is 0.127. The molecule has 8 nitrogen and oxygen atoms in total. The van der Waals surface area contributed by atoms with Gasteiger partial charge in [-0.3, -0.25) is 0 Å². The Morgan fingerprint density at radius 3 is 1.68 bits per heavy atom. The van der Waals surface area contributed by atoms with E-state index >= 15 is 4.39 Å². The Labute approximate surface area is 275 Å². The van der Waals surface area contributed by atoms with Crippen molar-refractivity contribution >= 4 is 25.9 Å². The van der Waals surface area contributed by atoms with Gasteiger partial charge < -0.3 is 18.0 Å². The van der Waals surface area contributed by atoms with Crippen LogP contribution in [0.1, 0.15) is 16.7 Å². The van der Waals surface area contributed by atoms with E-state index in [0.29, 0.717) is 46.6 Å². The lowest BCUT2D eigenvalue weighted by Crippen LogP contribution is -2.23. The van der Waals surface area contributed by atoms with Crippen molar-refractivity contribution in [1.29, 1.82) is 0 Å². The van der Waals surface area contributed by atoms with Crippen LogP contribution in [-0.2, 0) is 33.3 Å². The molecule has 47 heavy (non-hydrogen) atoms. The van der Waals surface area contributed by atoms with Crippen molar-refractivity contribution < 1.29 is 34.3 Å². The molecule has 0 atom stereocenters. The lowest BCUT2D eigenvalue weighted by atomic mass is 9.93. The standard InChI is InChI=1S/C36H34FNO7S2/c1-25-21-31(28-15-18-30(19-16-28)44-46(3,39)40)35(43-2)36(45-47(4,41)42)34(25)29-17-20-33(32(37)22-29)38(23-26-11-7-5-8-12-26)24-27-13-9-6-10-14-27/h5-22H,23-24H2,1-4H3. The SMILES string of the molecule is COc1c(-c2ccc(OS(C)(=O)=O)cc2)cc(C)c(-c2ccc(N(Cc3ccccc3)Cc3ccccc3)c(F)c2)c1OS(C)(=O)=O. The first kappa shape index (κ1) is 33.5. The fourth-order valence-corrected chi connectivity index (χ4v) is 6.32. The lowest BCUT2D eigenvalue weighted by Gasteiger charge is -2.26. The average molecular weight is 676 g/mol. The van der Waals surface area contributed by atoms with Gasteiger partial charge in [0.15, 0.2) is 11.5 Å². The van der Waals surface area contributed by atoms with Gasteiger partial charge in [-0.1, -0.05) is 78.9 Å². The van der Waals surface area contributed by atoms with E-state index in [2.05, 4.69) is 0 Å². The number of hydrogen-bond acceptors (Lipinski definition) is 8. The van der Waals surface area contributed by atoms with E-state index in [1.54, 1.807) is 37.3 Å². The second-order valence-electron chi connectivity index (χ2n) is 11.1. The van der Waals surface area contributed by atoms with Crippen LogP contribution in [0.15, 0.2) is 109 Å². The molecule has 0 N–H and O–H groups in total. The number of nitrogens with zero attached hydrogens (tertiary/aromatic N) is 1. The fraction of sp³-hybridized carbons (Fsp3) is 0.167. The minimum absolute atomic E-state index is 0.0981. The zero-order chi connectivity index (χ0) is 33.8. The number of rotatable bonds is 12. The molecule has 5 aromatic carbocycles. The smallest absolute Gasteiger partial charge is 0.306 e. The monoisotopic (exact) mass is 675 g/mol. The molecule has 5 rings (SSSR count). The second-order valence-corrected chi connectivity index (χ2v) is 14.2. The van der Waals surface area contributed by atoms with E-state index in [4.69, 9.17) is 13.1 Å². The van der Waals surface area contributed by atoms with Crippen LogP contribution in [0.4, 0.5) is 10.1 Å². The highest BCUT2D eigenvalue weighted by molar-refractivity contribution is 7.86. The molecule has 0 amide bonds. The first-order valence-electron chi connectivity index (χ1n) is 14.5. The van der Waals surface area contributed by atoms with E-state index < -0.39 is 26.1 Å². The largest absolute Gasteiger partial charge is 0.492 e. The van der Waals surface area contributed by atoms with Crippen LogP contribution < -0.4 is 18.0 Å². The third kappa shape index (κ3) is 8.49. The van der Waals surface area contributed by atoms with Crippen molar-refractivity contribution in [2.75, 3.05) is 24.5 Å². The van der Waals surface area contributed by atoms with Gasteiger partial charge in [0.05, 0.1) is 25.3 Å². The Balaban J connectivity index is 1.60. The molecule has 0 bridgehead atoms. The molecule has 0 aliphatic carbocycles. The molecule has 5 aromatic rings. The van der Waals surface area contributed by atoms with Crippen LogP contribution in [0.2, 0.25) is 0 Å². The van der Waals surface area contributed by atoms with E-state index in [0.717, 1.165) is 23.6 Å². The number of benzene rings is 5. The van der Waals surface area contributed by atoms with Gasteiger partial charge in [0.1, 0.15) is 11.6 Å². The zero-order valence-corrected chi connectivity index (χ0v) is 27.9. The molecule has 0 saturated carbocycles. The first-order chi connectivity index (χ1) is 22.3. The predicted octanol–water partition coefficient (Wildman–Crippen LogP) is 7.36. The van der Waals surface area contributed by atoms with E-state index in [-0.39, 0.29) is 17.2 Å². The Morgan fingerprint density at radius 2 is 1.19 bits per heavy atom. The van der Waals surface area contributed by atoms with E-state index in [1.165, 1.54) is 25.3 Å². The summed E-state index contributed by atoms with van der Waals surface area (Å²) in [7, 11) is -6.40. The normalized spacial score (nSPS) is 11.6. The van der Waals surface area contributed by atoms with Gasteiger partial charge in [-0.15, -0.1) is 0 Å². The first-order valence-corrected chi connectivity index (χ1v) is 18.2. The third-order valence-electron chi connectivity index (χ3n) is 7.29. The third-order valence-corrected chi connectivity index (χ3v) is 8.26. The molecule has 0 heterocycles. The van der Waals surface area contributed by atoms with Gasteiger partial charge >= 0.3 is 20.2 Å². The molecular weight excluding hydrogens is 642 g/mol. The molecule has 0 radical (unpaired) electrons. The summed E-state index contributed by atoms with van der Waals surface area (Å²) in [4.78, 5) is 1.95. The van der Waals surface area contributed by atoms with E-state index in [9.17, 15) is 16.8 Å². The molecule has 0 aromatic heterocycles. The lowest BCUT2D eigenvalue weighted by molar-refractivity contribution is 0.393. The molecule has 0 spiro atoms. The fourth-order valence-electron chi connectivity index (χ4n) is 5.39. The van der Waals surface area contributed by atoms with E-state index in [1.807, 2.05) is 65.6 Å². The zero-order valence-electron chi connectivity index (χ0n) is 26.3. The Hall–Kier alpha value is -4.87. The van der Waals surface area contributed by atoms with Crippen LogP contribution in [-0.4, -0.2) is 36.5 Å². The van der Waals surface area contributed by atoms with Crippen LogP contribution in [0, 0.1) is 12.7 Å². The summed E-state index contributed by atoms with van der Waals surface area (Å²) in [5.74, 6) is -0.380. The molecule has 11 heteroatoms. The number of hydrogen-bond donors (Lipinski definition) is 0. The maximum Gasteiger partial charge on any atom is 0.306 e. The number of aryl methyl sites for hydroxylation is 1. The Morgan fingerprint density at radius 1 is 0.660 bits per heavy atom. The number of halogens is 1. The summed E-state index contributed by atoms with van der Waals surface area (Å²) in [5, 5.41) is 0. The van der Waals surface area contributed by atoms with Gasteiger partial charge in [-0.05, 0) is 65.1 Å². The highest BCUT2D eigenvalue weighted by atomic mass is 32.2. The maximum atomic E-state index is 16.2. The van der Waals surface area contributed by atoms with Crippen molar-refractivity contribution in [3.8, 4) is 39.5 Å².